The highest BCUT2D eigenvalue weighted by Crippen LogP contribution is 2.31. The molecule has 0 aromatic carbocycles. The fourth-order valence-corrected chi connectivity index (χ4v) is 1.41. The van der Waals surface area contributed by atoms with Crippen molar-refractivity contribution in [1.82, 2.24) is 4.98 Å². The second kappa shape index (κ2) is 5.66. The van der Waals surface area contributed by atoms with E-state index in [4.69, 9.17) is 0 Å². The number of ether oxygens (including phenoxy) is 2. The second-order valence-corrected chi connectivity index (χ2v) is 3.63. The largest absolute Gasteiger partial charge is 0.573 e. The highest BCUT2D eigenvalue weighted by Gasteiger charge is 2.40. The van der Waals surface area contributed by atoms with E-state index in [-0.39, 0.29) is 0 Å². The van der Waals surface area contributed by atoms with Crippen LogP contribution in [0, 0.1) is 0 Å². The van der Waals surface area contributed by atoms with Gasteiger partial charge in [0.15, 0.2) is 5.75 Å². The van der Waals surface area contributed by atoms with E-state index in [0.29, 0.717) is 6.20 Å². The molecule has 0 aliphatic heterocycles. The molecule has 1 aromatic rings. The van der Waals surface area contributed by atoms with Crippen LogP contribution in [-0.2, 0) is 22.1 Å². The Balaban J connectivity index is 3.40. The van der Waals surface area contributed by atoms with Gasteiger partial charge in [-0.3, -0.25) is 9.59 Å². The molecule has 5 nitrogen and oxygen atoms in total. The minimum Gasteiger partial charge on any atom is -0.469 e. The standard InChI is InChI=1S/C10H7F6NO4/c1-20-6(18)2-4-7(9(11,12)13)8(19)5(3-17-4)21-10(14,15)16/h3H,2H2,1H3,(H,17,19). The van der Waals surface area contributed by atoms with Gasteiger partial charge < -0.3 is 14.5 Å². The number of hydrogen-bond acceptors (Lipinski definition) is 4. The lowest BCUT2D eigenvalue weighted by Crippen LogP contribution is -2.29. The van der Waals surface area contributed by atoms with Crippen LogP contribution in [0.2, 0.25) is 0 Å². The molecule has 0 saturated carbocycles. The Hall–Kier alpha value is -2.20. The average Bonchev–Trinajstić information content (AvgIpc) is 2.29. The first-order valence-electron chi connectivity index (χ1n) is 5.10. The van der Waals surface area contributed by atoms with Gasteiger partial charge in [0.25, 0.3) is 0 Å². The Morgan fingerprint density at radius 3 is 2.24 bits per heavy atom. The van der Waals surface area contributed by atoms with Gasteiger partial charge in [0, 0.05) is 11.9 Å². The second-order valence-electron chi connectivity index (χ2n) is 3.63. The smallest absolute Gasteiger partial charge is 0.469 e. The molecule has 0 bridgehead atoms. The lowest BCUT2D eigenvalue weighted by Gasteiger charge is -2.14. The molecule has 0 saturated heterocycles. The van der Waals surface area contributed by atoms with Crippen LogP contribution >= 0.6 is 0 Å². The van der Waals surface area contributed by atoms with Crippen molar-refractivity contribution in [3.63, 3.8) is 0 Å². The lowest BCUT2D eigenvalue weighted by molar-refractivity contribution is -0.275. The van der Waals surface area contributed by atoms with Crippen molar-refractivity contribution in [3.8, 4) is 5.75 Å². The predicted octanol–water partition coefficient (Wildman–Crippen LogP) is 2.01. The number of pyridine rings is 1. The summed E-state index contributed by atoms with van der Waals surface area (Å²) in [4.78, 5) is 24.2. The zero-order valence-electron chi connectivity index (χ0n) is 10.2. The summed E-state index contributed by atoms with van der Waals surface area (Å²) in [6, 6.07) is 0. The van der Waals surface area contributed by atoms with E-state index < -0.39 is 47.4 Å². The molecule has 0 atom stereocenters. The molecule has 1 heterocycles. The monoisotopic (exact) mass is 319 g/mol. The first-order valence-corrected chi connectivity index (χ1v) is 5.10. The van der Waals surface area contributed by atoms with Crippen LogP contribution in [0.5, 0.6) is 5.75 Å². The van der Waals surface area contributed by atoms with Gasteiger partial charge in [0.1, 0.15) is 5.56 Å². The van der Waals surface area contributed by atoms with Gasteiger partial charge in [-0.1, -0.05) is 0 Å². The SMILES string of the molecule is COC(=O)Cc1[nH]cc(OC(F)(F)F)c(=O)c1C(F)(F)F. The van der Waals surface area contributed by atoms with E-state index >= 15 is 0 Å². The summed E-state index contributed by atoms with van der Waals surface area (Å²) in [5.41, 5.74) is -4.90. The third-order valence-corrected chi connectivity index (χ3v) is 2.19. The highest BCUT2D eigenvalue weighted by atomic mass is 19.4. The summed E-state index contributed by atoms with van der Waals surface area (Å²) in [5.74, 6) is -2.69. The predicted molar refractivity (Wildman–Crippen MR) is 54.5 cm³/mol. The maximum atomic E-state index is 12.8. The molecule has 118 valence electrons. The van der Waals surface area contributed by atoms with Crippen LogP contribution in [0.4, 0.5) is 26.3 Å². The Labute approximate surface area is 112 Å². The minimum absolute atomic E-state index is 0.295. The van der Waals surface area contributed by atoms with E-state index in [0.717, 1.165) is 7.11 Å². The van der Waals surface area contributed by atoms with Crippen LogP contribution < -0.4 is 10.2 Å². The topological polar surface area (TPSA) is 68.4 Å². The molecule has 0 spiro atoms. The number of carbonyl (C=O) groups is 1. The number of halogens is 6. The molecule has 0 unspecified atom stereocenters. The van der Waals surface area contributed by atoms with E-state index in [1.54, 1.807) is 4.98 Å². The first kappa shape index (κ1) is 16.9. The molecule has 0 amide bonds. The number of esters is 1. The maximum absolute atomic E-state index is 12.8. The molecule has 21 heavy (non-hydrogen) atoms. The number of aromatic amines is 1. The molecule has 1 rings (SSSR count). The van der Waals surface area contributed by atoms with Gasteiger partial charge in [-0.15, -0.1) is 13.2 Å². The Morgan fingerprint density at radius 1 is 1.24 bits per heavy atom. The van der Waals surface area contributed by atoms with Crippen molar-refractivity contribution in [1.29, 1.82) is 0 Å². The number of nitrogens with one attached hydrogen (secondary N) is 1. The molecular weight excluding hydrogens is 312 g/mol. The van der Waals surface area contributed by atoms with Gasteiger partial charge in [0.2, 0.25) is 5.43 Å². The molecule has 11 heteroatoms. The normalized spacial score (nSPS) is 12.1. The van der Waals surface area contributed by atoms with Crippen LogP contribution in [0.1, 0.15) is 11.3 Å². The number of rotatable bonds is 3. The Bertz CT molecular complexity index is 589. The zero-order chi connectivity index (χ0) is 16.4. The molecule has 1 aromatic heterocycles. The summed E-state index contributed by atoms with van der Waals surface area (Å²) < 4.78 is 81.6. The van der Waals surface area contributed by atoms with Gasteiger partial charge >= 0.3 is 18.5 Å². The summed E-state index contributed by atoms with van der Waals surface area (Å²) in [5, 5.41) is 0. The minimum atomic E-state index is -5.33. The third-order valence-electron chi connectivity index (χ3n) is 2.19. The van der Waals surface area contributed by atoms with E-state index in [1.807, 2.05) is 0 Å². The van der Waals surface area contributed by atoms with Gasteiger partial charge in [0.05, 0.1) is 13.5 Å². The molecule has 0 aliphatic carbocycles. The third kappa shape index (κ3) is 4.39. The van der Waals surface area contributed by atoms with Crippen molar-refractivity contribution in [3.05, 3.63) is 27.7 Å². The van der Waals surface area contributed by atoms with Crippen LogP contribution in [0.15, 0.2) is 11.0 Å². The summed E-state index contributed by atoms with van der Waals surface area (Å²) in [6.45, 7) is 0. The van der Waals surface area contributed by atoms with Crippen molar-refractivity contribution < 1.29 is 40.6 Å². The van der Waals surface area contributed by atoms with Gasteiger partial charge in [-0.05, 0) is 0 Å². The van der Waals surface area contributed by atoms with Crippen molar-refractivity contribution in [2.45, 2.75) is 19.0 Å². The zero-order valence-corrected chi connectivity index (χ0v) is 10.2. The molecule has 0 radical (unpaired) electrons. The molecule has 0 fully saturated rings. The number of H-pyrrole nitrogens is 1. The number of methoxy groups -OCH3 is 1. The van der Waals surface area contributed by atoms with E-state index in [1.165, 1.54) is 0 Å². The number of alkyl halides is 6. The quantitative estimate of drug-likeness (QED) is 0.683. The first-order chi connectivity index (χ1) is 9.45. The number of hydrogen-bond donors (Lipinski definition) is 1. The average molecular weight is 319 g/mol. The summed E-state index contributed by atoms with van der Waals surface area (Å²) in [7, 11) is 0.898. The molecular formula is C10H7F6NO4. The fraction of sp³-hybridized carbons (Fsp3) is 0.400. The summed E-state index contributed by atoms with van der Waals surface area (Å²) in [6.07, 6.45) is -11.3. The van der Waals surface area contributed by atoms with Crippen molar-refractivity contribution in [2.75, 3.05) is 7.11 Å². The van der Waals surface area contributed by atoms with Gasteiger partial charge in [-0.2, -0.15) is 13.2 Å². The Kier molecular flexibility index (Phi) is 4.54. The van der Waals surface area contributed by atoms with Crippen molar-refractivity contribution >= 4 is 5.97 Å². The molecule has 0 aliphatic rings. The number of aromatic nitrogens is 1. The fourth-order valence-electron chi connectivity index (χ4n) is 1.41. The maximum Gasteiger partial charge on any atom is 0.573 e. The Morgan fingerprint density at radius 2 is 1.81 bits per heavy atom. The van der Waals surface area contributed by atoms with Crippen LogP contribution in [-0.4, -0.2) is 24.4 Å². The van der Waals surface area contributed by atoms with E-state index in [9.17, 15) is 35.9 Å². The van der Waals surface area contributed by atoms with Crippen LogP contribution in [0.3, 0.4) is 0 Å². The van der Waals surface area contributed by atoms with Crippen LogP contribution in [0.25, 0.3) is 0 Å². The van der Waals surface area contributed by atoms with Crippen molar-refractivity contribution in [2.24, 2.45) is 0 Å². The lowest BCUT2D eigenvalue weighted by atomic mass is 10.1. The van der Waals surface area contributed by atoms with E-state index in [2.05, 4.69) is 9.47 Å². The summed E-state index contributed by atoms with van der Waals surface area (Å²) >= 11 is 0. The molecule has 1 N–H and O–H groups in total. The number of carbonyl (C=O) groups excluding carboxylic acids is 1. The highest BCUT2D eigenvalue weighted by molar-refractivity contribution is 5.72. The van der Waals surface area contributed by atoms with Gasteiger partial charge in [-0.25, -0.2) is 0 Å².